The van der Waals surface area contributed by atoms with Crippen LogP contribution in [-0.2, 0) is 0 Å². The van der Waals surface area contributed by atoms with E-state index >= 15 is 0 Å². The zero-order valence-corrected chi connectivity index (χ0v) is 13.7. The van der Waals surface area contributed by atoms with Crippen LogP contribution in [0.15, 0.2) is 58.7 Å². The molecule has 0 atom stereocenters. The van der Waals surface area contributed by atoms with Gasteiger partial charge in [0.25, 0.3) is 0 Å². The third-order valence-electron chi connectivity index (χ3n) is 3.06. The number of rotatable bonds is 4. The highest BCUT2D eigenvalue weighted by atomic mass is 35.5. The Balaban J connectivity index is 1.88. The monoisotopic (exact) mass is 364 g/mol. The van der Waals surface area contributed by atoms with E-state index in [9.17, 15) is 8.78 Å². The van der Waals surface area contributed by atoms with Crippen LogP contribution in [0.5, 0.6) is 0 Å². The standard InChI is InChI=1S/C16H11ClF2N4S/c17-9-1-4-11(5-2-9)24-16-14(20)15(21-8-22-16)23-13-7-10(18)3-6-12(13)19/h1-8H,20H2,(H,21,22,23). The number of halogens is 3. The van der Waals surface area contributed by atoms with Crippen molar-refractivity contribution in [2.75, 3.05) is 11.1 Å². The van der Waals surface area contributed by atoms with E-state index in [1.54, 1.807) is 12.1 Å². The molecule has 1 heterocycles. The van der Waals surface area contributed by atoms with Gasteiger partial charge in [0, 0.05) is 16.0 Å². The van der Waals surface area contributed by atoms with Crippen molar-refractivity contribution in [1.29, 1.82) is 0 Å². The number of nitrogen functional groups attached to an aromatic ring is 1. The molecule has 0 amide bonds. The average molecular weight is 365 g/mol. The van der Waals surface area contributed by atoms with E-state index in [-0.39, 0.29) is 17.2 Å². The summed E-state index contributed by atoms with van der Waals surface area (Å²) in [5, 5.41) is 3.81. The molecular weight excluding hydrogens is 354 g/mol. The van der Waals surface area contributed by atoms with Crippen LogP contribution in [0.25, 0.3) is 0 Å². The van der Waals surface area contributed by atoms with Gasteiger partial charge in [-0.05, 0) is 36.4 Å². The summed E-state index contributed by atoms with van der Waals surface area (Å²) in [6, 6.07) is 10.2. The summed E-state index contributed by atoms with van der Waals surface area (Å²) in [7, 11) is 0. The van der Waals surface area contributed by atoms with E-state index < -0.39 is 11.6 Å². The van der Waals surface area contributed by atoms with Crippen molar-refractivity contribution < 1.29 is 8.78 Å². The molecule has 1 aromatic heterocycles. The zero-order valence-electron chi connectivity index (χ0n) is 12.1. The molecule has 0 aliphatic heterocycles. The summed E-state index contributed by atoms with van der Waals surface area (Å²) in [5.74, 6) is -0.977. The van der Waals surface area contributed by atoms with Gasteiger partial charge in [0.05, 0.1) is 5.69 Å². The molecule has 0 saturated heterocycles. The fraction of sp³-hybridized carbons (Fsp3) is 0. The Bertz CT molecular complexity index is 874. The number of hydrogen-bond acceptors (Lipinski definition) is 5. The third-order valence-corrected chi connectivity index (χ3v) is 4.34. The van der Waals surface area contributed by atoms with E-state index in [0.717, 1.165) is 23.1 Å². The summed E-state index contributed by atoms with van der Waals surface area (Å²) in [6.45, 7) is 0. The molecule has 0 aliphatic rings. The smallest absolute Gasteiger partial charge is 0.158 e. The number of nitrogens with zero attached hydrogens (tertiary/aromatic N) is 2. The van der Waals surface area contributed by atoms with Crippen molar-refractivity contribution in [3.05, 3.63) is 65.4 Å². The molecule has 0 radical (unpaired) electrons. The van der Waals surface area contributed by atoms with Gasteiger partial charge in [0.15, 0.2) is 5.82 Å². The first-order valence-corrected chi connectivity index (χ1v) is 7.98. The first-order valence-electron chi connectivity index (χ1n) is 6.79. The highest BCUT2D eigenvalue weighted by Gasteiger charge is 2.12. The number of anilines is 3. The molecule has 2 aromatic carbocycles. The first kappa shape index (κ1) is 16.5. The largest absolute Gasteiger partial charge is 0.394 e. The Morgan fingerprint density at radius 2 is 1.79 bits per heavy atom. The van der Waals surface area contributed by atoms with Crippen molar-refractivity contribution in [3.8, 4) is 0 Å². The Hall–Kier alpha value is -2.38. The second kappa shape index (κ2) is 7.02. The summed E-state index contributed by atoms with van der Waals surface area (Å²) in [6.07, 6.45) is 1.30. The molecule has 0 fully saturated rings. The molecule has 0 aliphatic carbocycles. The van der Waals surface area contributed by atoms with Gasteiger partial charge in [-0.25, -0.2) is 18.7 Å². The SMILES string of the molecule is Nc1c(Nc2cc(F)ccc2F)ncnc1Sc1ccc(Cl)cc1. The Morgan fingerprint density at radius 1 is 1.04 bits per heavy atom. The highest BCUT2D eigenvalue weighted by molar-refractivity contribution is 7.99. The number of nitrogens with one attached hydrogen (secondary N) is 1. The Kier molecular flexibility index (Phi) is 4.82. The normalized spacial score (nSPS) is 10.6. The van der Waals surface area contributed by atoms with E-state index in [0.29, 0.717) is 10.0 Å². The number of hydrogen-bond donors (Lipinski definition) is 2. The average Bonchev–Trinajstić information content (AvgIpc) is 2.56. The quantitative estimate of drug-likeness (QED) is 0.645. The second-order valence-electron chi connectivity index (χ2n) is 4.75. The van der Waals surface area contributed by atoms with Crippen LogP contribution in [0.1, 0.15) is 0 Å². The first-order chi connectivity index (χ1) is 11.5. The predicted molar refractivity (Wildman–Crippen MR) is 91.7 cm³/mol. The van der Waals surface area contributed by atoms with Crippen LogP contribution < -0.4 is 11.1 Å². The number of aromatic nitrogens is 2. The van der Waals surface area contributed by atoms with Gasteiger partial charge in [-0.3, -0.25) is 0 Å². The van der Waals surface area contributed by atoms with Crippen molar-refractivity contribution in [2.45, 2.75) is 9.92 Å². The van der Waals surface area contributed by atoms with Gasteiger partial charge in [0.2, 0.25) is 0 Å². The molecule has 0 spiro atoms. The molecule has 0 saturated carbocycles. The highest BCUT2D eigenvalue weighted by Crippen LogP contribution is 2.34. The minimum absolute atomic E-state index is 0.0529. The molecule has 8 heteroatoms. The lowest BCUT2D eigenvalue weighted by atomic mass is 10.3. The second-order valence-corrected chi connectivity index (χ2v) is 6.24. The van der Waals surface area contributed by atoms with Crippen LogP contribution >= 0.6 is 23.4 Å². The van der Waals surface area contributed by atoms with Crippen LogP contribution in [0.4, 0.5) is 26.0 Å². The lowest BCUT2D eigenvalue weighted by Crippen LogP contribution is -2.03. The van der Waals surface area contributed by atoms with E-state index in [1.165, 1.54) is 18.1 Å². The lowest BCUT2D eigenvalue weighted by molar-refractivity contribution is 0.603. The number of nitrogens with two attached hydrogens (primary N) is 1. The summed E-state index contributed by atoms with van der Waals surface area (Å²) in [4.78, 5) is 9.00. The maximum absolute atomic E-state index is 13.7. The third kappa shape index (κ3) is 3.74. The van der Waals surface area contributed by atoms with Crippen LogP contribution in [0.2, 0.25) is 5.02 Å². The van der Waals surface area contributed by atoms with Gasteiger partial charge in [-0.2, -0.15) is 0 Å². The fourth-order valence-corrected chi connectivity index (χ4v) is 2.82. The van der Waals surface area contributed by atoms with Crippen molar-refractivity contribution in [3.63, 3.8) is 0 Å². The zero-order chi connectivity index (χ0) is 17.1. The Labute approximate surface area is 146 Å². The van der Waals surface area contributed by atoms with E-state index in [4.69, 9.17) is 17.3 Å². The maximum atomic E-state index is 13.7. The maximum Gasteiger partial charge on any atom is 0.158 e. The van der Waals surface area contributed by atoms with E-state index in [1.807, 2.05) is 12.1 Å². The van der Waals surface area contributed by atoms with Gasteiger partial charge < -0.3 is 11.1 Å². The van der Waals surface area contributed by atoms with Crippen LogP contribution in [0.3, 0.4) is 0 Å². The molecule has 122 valence electrons. The van der Waals surface area contributed by atoms with Crippen molar-refractivity contribution in [2.24, 2.45) is 0 Å². The van der Waals surface area contributed by atoms with Gasteiger partial charge in [-0.15, -0.1) is 0 Å². The molecule has 24 heavy (non-hydrogen) atoms. The summed E-state index contributed by atoms with van der Waals surface area (Å²) < 4.78 is 27.0. The fourth-order valence-electron chi connectivity index (χ4n) is 1.90. The molecule has 0 unspecified atom stereocenters. The van der Waals surface area contributed by atoms with Gasteiger partial charge >= 0.3 is 0 Å². The molecule has 3 N–H and O–H groups in total. The number of benzene rings is 2. The minimum atomic E-state index is -0.610. The van der Waals surface area contributed by atoms with Crippen molar-refractivity contribution >= 4 is 40.6 Å². The Morgan fingerprint density at radius 3 is 2.54 bits per heavy atom. The molecular formula is C16H11ClF2N4S. The molecule has 3 rings (SSSR count). The minimum Gasteiger partial charge on any atom is -0.394 e. The van der Waals surface area contributed by atoms with Gasteiger partial charge in [-0.1, -0.05) is 23.4 Å². The molecule has 3 aromatic rings. The van der Waals surface area contributed by atoms with Gasteiger partial charge in [0.1, 0.15) is 28.7 Å². The molecule has 0 bridgehead atoms. The summed E-state index contributed by atoms with van der Waals surface area (Å²) in [5.41, 5.74) is 6.23. The van der Waals surface area contributed by atoms with E-state index in [2.05, 4.69) is 15.3 Å². The van der Waals surface area contributed by atoms with Crippen LogP contribution in [0, 0.1) is 11.6 Å². The predicted octanol–water partition coefficient (Wildman–Crippen LogP) is 4.89. The van der Waals surface area contributed by atoms with Crippen LogP contribution in [-0.4, -0.2) is 9.97 Å². The van der Waals surface area contributed by atoms with Crippen molar-refractivity contribution in [1.82, 2.24) is 9.97 Å². The lowest BCUT2D eigenvalue weighted by Gasteiger charge is -2.11. The molecule has 4 nitrogen and oxygen atoms in total. The topological polar surface area (TPSA) is 63.8 Å². The summed E-state index contributed by atoms with van der Waals surface area (Å²) >= 11 is 7.17.